The fraction of sp³-hybridized carbons (Fsp3) is 0.217. The first-order valence-corrected chi connectivity index (χ1v) is 8.50. The Bertz CT molecular complexity index is 922. The molecule has 2 nitrogen and oxygen atoms in total. The average molecular weight is 332 g/mol. The van der Waals surface area contributed by atoms with Gasteiger partial charge in [-0.2, -0.15) is 0 Å². The Hall–Kier alpha value is -2.74. The summed E-state index contributed by atoms with van der Waals surface area (Å²) in [6.45, 7) is 10.3. The highest BCUT2D eigenvalue weighted by Crippen LogP contribution is 2.42. The van der Waals surface area contributed by atoms with Crippen LogP contribution in [0.1, 0.15) is 27.8 Å². The maximum atomic E-state index is 9.91. The smallest absolute Gasteiger partial charge is 0.116 e. The number of hydrogen-bond acceptors (Lipinski definition) is 2. The SMILES string of the molecule is Cc1cc(O)cc(C)c1-c1cccc(C)c1-c1c(C)cc(O)cc1C. The van der Waals surface area contributed by atoms with E-state index in [1.165, 1.54) is 11.1 Å². The first-order valence-electron chi connectivity index (χ1n) is 8.50. The monoisotopic (exact) mass is 332 g/mol. The van der Waals surface area contributed by atoms with E-state index in [4.69, 9.17) is 0 Å². The first kappa shape index (κ1) is 17.1. The van der Waals surface area contributed by atoms with Crippen LogP contribution in [-0.4, -0.2) is 10.2 Å². The van der Waals surface area contributed by atoms with Gasteiger partial charge >= 0.3 is 0 Å². The van der Waals surface area contributed by atoms with Gasteiger partial charge in [-0.1, -0.05) is 18.2 Å². The van der Waals surface area contributed by atoms with Gasteiger partial charge in [0.05, 0.1) is 0 Å². The largest absolute Gasteiger partial charge is 0.508 e. The Morgan fingerprint density at radius 2 is 0.960 bits per heavy atom. The lowest BCUT2D eigenvalue weighted by Crippen LogP contribution is -1.97. The molecule has 0 aliphatic carbocycles. The second-order valence-electron chi connectivity index (χ2n) is 6.91. The predicted octanol–water partition coefficient (Wildman–Crippen LogP) is 5.97. The van der Waals surface area contributed by atoms with E-state index < -0.39 is 0 Å². The van der Waals surface area contributed by atoms with Crippen molar-refractivity contribution in [1.29, 1.82) is 0 Å². The van der Waals surface area contributed by atoms with Crippen LogP contribution in [0, 0.1) is 34.6 Å². The van der Waals surface area contributed by atoms with E-state index in [1.807, 2.05) is 52.0 Å². The summed E-state index contributed by atoms with van der Waals surface area (Å²) in [5.41, 5.74) is 10.1. The lowest BCUT2D eigenvalue weighted by atomic mass is 9.84. The average Bonchev–Trinajstić information content (AvgIpc) is 2.47. The molecule has 0 radical (unpaired) electrons. The highest BCUT2D eigenvalue weighted by molar-refractivity contribution is 5.90. The van der Waals surface area contributed by atoms with Crippen LogP contribution < -0.4 is 0 Å². The van der Waals surface area contributed by atoms with Gasteiger partial charge in [0.1, 0.15) is 11.5 Å². The minimum Gasteiger partial charge on any atom is -0.508 e. The number of phenols is 2. The quantitative estimate of drug-likeness (QED) is 0.606. The Morgan fingerprint density at radius 3 is 1.44 bits per heavy atom. The minimum atomic E-state index is 0.296. The Morgan fingerprint density at radius 1 is 0.520 bits per heavy atom. The summed E-state index contributed by atoms with van der Waals surface area (Å²) in [6, 6.07) is 13.6. The minimum absolute atomic E-state index is 0.296. The van der Waals surface area contributed by atoms with E-state index in [2.05, 4.69) is 25.1 Å². The molecular formula is C23H24O2. The van der Waals surface area contributed by atoms with Crippen LogP contribution in [0.4, 0.5) is 0 Å². The molecule has 3 aromatic carbocycles. The molecule has 0 saturated heterocycles. The molecule has 2 N–H and O–H groups in total. The van der Waals surface area contributed by atoms with Crippen molar-refractivity contribution in [2.45, 2.75) is 34.6 Å². The van der Waals surface area contributed by atoms with Crippen molar-refractivity contribution in [1.82, 2.24) is 0 Å². The van der Waals surface area contributed by atoms with Gasteiger partial charge in [0, 0.05) is 0 Å². The molecule has 128 valence electrons. The summed E-state index contributed by atoms with van der Waals surface area (Å²) in [5, 5.41) is 19.8. The van der Waals surface area contributed by atoms with Crippen LogP contribution in [0.25, 0.3) is 22.3 Å². The molecule has 0 heterocycles. The zero-order valence-electron chi connectivity index (χ0n) is 15.4. The van der Waals surface area contributed by atoms with Gasteiger partial charge in [-0.05, 0) is 109 Å². The maximum absolute atomic E-state index is 9.91. The molecule has 0 aliphatic rings. The number of hydrogen-bond donors (Lipinski definition) is 2. The molecule has 0 spiro atoms. The number of aryl methyl sites for hydroxylation is 5. The molecule has 0 aliphatic heterocycles. The molecule has 0 bridgehead atoms. The Kier molecular flexibility index (Phi) is 4.30. The van der Waals surface area contributed by atoms with Gasteiger partial charge in [-0.15, -0.1) is 0 Å². The Labute approximate surface area is 149 Å². The third-order valence-electron chi connectivity index (χ3n) is 4.83. The van der Waals surface area contributed by atoms with Gasteiger partial charge in [0.25, 0.3) is 0 Å². The third kappa shape index (κ3) is 3.00. The Balaban J connectivity index is 2.40. The summed E-state index contributed by atoms with van der Waals surface area (Å²) >= 11 is 0. The van der Waals surface area contributed by atoms with Crippen molar-refractivity contribution in [3.63, 3.8) is 0 Å². The molecule has 0 atom stereocenters. The number of benzene rings is 3. The summed E-state index contributed by atoms with van der Waals surface area (Å²) < 4.78 is 0. The van der Waals surface area contributed by atoms with E-state index in [9.17, 15) is 10.2 Å². The van der Waals surface area contributed by atoms with Crippen molar-refractivity contribution in [2.24, 2.45) is 0 Å². The van der Waals surface area contributed by atoms with Crippen molar-refractivity contribution in [3.05, 3.63) is 70.3 Å². The van der Waals surface area contributed by atoms with Crippen LogP contribution in [0.2, 0.25) is 0 Å². The molecule has 25 heavy (non-hydrogen) atoms. The zero-order chi connectivity index (χ0) is 18.3. The van der Waals surface area contributed by atoms with Gasteiger partial charge in [0.2, 0.25) is 0 Å². The molecule has 0 aromatic heterocycles. The van der Waals surface area contributed by atoms with E-state index in [0.29, 0.717) is 11.5 Å². The van der Waals surface area contributed by atoms with E-state index in [0.717, 1.165) is 38.9 Å². The van der Waals surface area contributed by atoms with Crippen LogP contribution in [0.5, 0.6) is 11.5 Å². The lowest BCUT2D eigenvalue weighted by molar-refractivity contribution is 0.474. The number of aromatic hydroxyl groups is 2. The molecule has 0 unspecified atom stereocenters. The van der Waals surface area contributed by atoms with Gasteiger partial charge < -0.3 is 10.2 Å². The molecule has 3 aromatic rings. The fourth-order valence-electron chi connectivity index (χ4n) is 3.91. The van der Waals surface area contributed by atoms with Gasteiger partial charge in [-0.25, -0.2) is 0 Å². The van der Waals surface area contributed by atoms with E-state index in [-0.39, 0.29) is 0 Å². The maximum Gasteiger partial charge on any atom is 0.116 e. The highest BCUT2D eigenvalue weighted by Gasteiger charge is 2.18. The third-order valence-corrected chi connectivity index (χ3v) is 4.83. The molecule has 2 heteroatoms. The first-order chi connectivity index (χ1) is 11.8. The zero-order valence-corrected chi connectivity index (χ0v) is 15.4. The summed E-state index contributed by atoms with van der Waals surface area (Å²) in [4.78, 5) is 0. The van der Waals surface area contributed by atoms with Crippen molar-refractivity contribution in [3.8, 4) is 33.8 Å². The van der Waals surface area contributed by atoms with Crippen LogP contribution in [0.3, 0.4) is 0 Å². The van der Waals surface area contributed by atoms with Crippen LogP contribution in [0.15, 0.2) is 42.5 Å². The number of rotatable bonds is 2. The van der Waals surface area contributed by atoms with Crippen LogP contribution in [-0.2, 0) is 0 Å². The number of phenolic OH excluding ortho intramolecular Hbond substituents is 2. The van der Waals surface area contributed by atoms with Crippen molar-refractivity contribution < 1.29 is 10.2 Å². The van der Waals surface area contributed by atoms with Gasteiger partial charge in [-0.3, -0.25) is 0 Å². The molecule has 3 rings (SSSR count). The second-order valence-corrected chi connectivity index (χ2v) is 6.91. The van der Waals surface area contributed by atoms with Gasteiger partial charge in [0.15, 0.2) is 0 Å². The van der Waals surface area contributed by atoms with E-state index >= 15 is 0 Å². The summed E-state index contributed by atoms with van der Waals surface area (Å²) in [5.74, 6) is 0.593. The topological polar surface area (TPSA) is 40.5 Å². The molecule has 0 saturated carbocycles. The van der Waals surface area contributed by atoms with Crippen molar-refractivity contribution >= 4 is 0 Å². The summed E-state index contributed by atoms with van der Waals surface area (Å²) in [6.07, 6.45) is 0. The molecule has 0 fully saturated rings. The second kappa shape index (κ2) is 6.29. The predicted molar refractivity (Wildman–Crippen MR) is 104 cm³/mol. The van der Waals surface area contributed by atoms with E-state index in [1.54, 1.807) is 0 Å². The molecule has 0 amide bonds. The van der Waals surface area contributed by atoms with Crippen LogP contribution >= 0.6 is 0 Å². The molecular weight excluding hydrogens is 308 g/mol. The fourth-order valence-corrected chi connectivity index (χ4v) is 3.91. The lowest BCUT2D eigenvalue weighted by Gasteiger charge is -2.20. The highest BCUT2D eigenvalue weighted by atomic mass is 16.3. The normalized spacial score (nSPS) is 10.9. The van der Waals surface area contributed by atoms with Crippen molar-refractivity contribution in [2.75, 3.05) is 0 Å². The summed E-state index contributed by atoms with van der Waals surface area (Å²) in [7, 11) is 0. The standard InChI is InChI=1S/C23H24O2/c1-13-7-6-8-20(21-14(2)9-18(24)10-15(21)3)23(13)22-16(4)11-19(25)12-17(22)5/h6-12,24-25H,1-5H3.